The van der Waals surface area contributed by atoms with Gasteiger partial charge in [0.05, 0.1) is 27.9 Å². The molecule has 26 heavy (non-hydrogen) atoms. The van der Waals surface area contributed by atoms with Gasteiger partial charge in [0.15, 0.2) is 0 Å². The molecule has 0 saturated carbocycles. The summed E-state index contributed by atoms with van der Waals surface area (Å²) >= 11 is 6.23. The Hall–Kier alpha value is -2.38. The van der Waals surface area contributed by atoms with E-state index in [9.17, 15) is 18.0 Å². The van der Waals surface area contributed by atoms with Crippen molar-refractivity contribution in [2.24, 2.45) is 5.92 Å². The van der Waals surface area contributed by atoms with E-state index in [2.05, 4.69) is 0 Å². The molecule has 3 rings (SSSR count). The smallest absolute Gasteiger partial charge is 0.259 e. The molecule has 2 amide bonds. The van der Waals surface area contributed by atoms with Gasteiger partial charge in [0.25, 0.3) is 5.91 Å². The minimum atomic E-state index is -3.72. The first kappa shape index (κ1) is 18.4. The van der Waals surface area contributed by atoms with E-state index in [-0.39, 0.29) is 27.9 Å². The minimum absolute atomic E-state index is 0.0813. The molecule has 0 unspecified atom stereocenters. The summed E-state index contributed by atoms with van der Waals surface area (Å²) in [6.07, 6.45) is 0. The number of sulfonamides is 1. The predicted molar refractivity (Wildman–Crippen MR) is 101 cm³/mol. The van der Waals surface area contributed by atoms with Crippen LogP contribution in [0, 0.1) is 5.92 Å². The molecule has 136 valence electrons. The Morgan fingerprint density at radius 2 is 1.85 bits per heavy atom. The van der Waals surface area contributed by atoms with Crippen LogP contribution in [-0.2, 0) is 14.8 Å². The van der Waals surface area contributed by atoms with Gasteiger partial charge >= 0.3 is 0 Å². The summed E-state index contributed by atoms with van der Waals surface area (Å²) in [5, 5.41) is 0.0813. The lowest BCUT2D eigenvalue weighted by Crippen LogP contribution is -2.30. The molecule has 0 radical (unpaired) electrons. The van der Waals surface area contributed by atoms with Gasteiger partial charge in [0, 0.05) is 12.7 Å². The summed E-state index contributed by atoms with van der Waals surface area (Å²) in [6.45, 7) is 1.56. The Morgan fingerprint density at radius 1 is 1.19 bits per heavy atom. The molecule has 1 heterocycles. The molecule has 0 bridgehead atoms. The van der Waals surface area contributed by atoms with Gasteiger partial charge in [-0.3, -0.25) is 9.59 Å². The second-order valence-corrected chi connectivity index (χ2v) is 8.42. The van der Waals surface area contributed by atoms with Crippen LogP contribution < -0.4 is 9.21 Å². The first-order valence-electron chi connectivity index (χ1n) is 7.92. The number of hydrogen-bond acceptors (Lipinski definition) is 4. The number of anilines is 2. The summed E-state index contributed by atoms with van der Waals surface area (Å²) in [7, 11) is -2.09. The highest BCUT2D eigenvalue weighted by Gasteiger charge is 2.42. The molecule has 8 heteroatoms. The van der Waals surface area contributed by atoms with Gasteiger partial charge in [0.2, 0.25) is 15.9 Å². The lowest BCUT2D eigenvalue weighted by molar-refractivity contribution is -0.119. The van der Waals surface area contributed by atoms with Crippen molar-refractivity contribution >= 4 is 44.8 Å². The van der Waals surface area contributed by atoms with Gasteiger partial charge in [-0.1, -0.05) is 36.7 Å². The second-order valence-electron chi connectivity index (χ2n) is 6.15. The number of hydrogen-bond donors (Lipinski definition) is 0. The van der Waals surface area contributed by atoms with Crippen LogP contribution in [0.25, 0.3) is 0 Å². The molecule has 1 saturated heterocycles. The van der Waals surface area contributed by atoms with E-state index < -0.39 is 21.8 Å². The average molecular weight is 393 g/mol. The van der Waals surface area contributed by atoms with E-state index in [1.165, 1.54) is 23.1 Å². The highest BCUT2D eigenvalue weighted by molar-refractivity contribution is 7.94. The fraction of sp³-hybridized carbons (Fsp3) is 0.222. The van der Waals surface area contributed by atoms with Crippen LogP contribution in [0.3, 0.4) is 0 Å². The van der Waals surface area contributed by atoms with Crippen molar-refractivity contribution in [3.8, 4) is 0 Å². The van der Waals surface area contributed by atoms with Crippen molar-refractivity contribution in [3.63, 3.8) is 0 Å². The van der Waals surface area contributed by atoms with Gasteiger partial charge < -0.3 is 4.90 Å². The zero-order valence-electron chi connectivity index (χ0n) is 14.2. The molecule has 1 aliphatic heterocycles. The third-order valence-electron chi connectivity index (χ3n) is 4.23. The van der Waals surface area contributed by atoms with E-state index in [1.807, 2.05) is 18.2 Å². The first-order valence-corrected chi connectivity index (χ1v) is 9.90. The van der Waals surface area contributed by atoms with Crippen LogP contribution in [0.4, 0.5) is 11.4 Å². The Bertz CT molecular complexity index is 976. The van der Waals surface area contributed by atoms with E-state index >= 15 is 0 Å². The third-order valence-corrected chi connectivity index (χ3v) is 6.41. The highest BCUT2D eigenvalue weighted by atomic mass is 35.5. The molecule has 1 fully saturated rings. The summed E-state index contributed by atoms with van der Waals surface area (Å²) in [6, 6.07) is 13.2. The maximum absolute atomic E-state index is 12.7. The number of nitrogens with zero attached hydrogens (tertiary/aromatic N) is 2. The van der Waals surface area contributed by atoms with Gasteiger partial charge in [-0.05, 0) is 30.3 Å². The van der Waals surface area contributed by atoms with E-state index in [0.29, 0.717) is 5.69 Å². The summed E-state index contributed by atoms with van der Waals surface area (Å²) < 4.78 is 25.1. The highest BCUT2D eigenvalue weighted by Crippen LogP contribution is 2.32. The van der Waals surface area contributed by atoms with Gasteiger partial charge in [-0.25, -0.2) is 12.7 Å². The monoisotopic (exact) mass is 392 g/mol. The molecule has 2 aromatic rings. The molecule has 0 aromatic heterocycles. The Labute approximate surface area is 157 Å². The molecule has 6 nitrogen and oxygen atoms in total. The molecule has 0 aliphatic carbocycles. The second kappa shape index (κ2) is 6.74. The van der Waals surface area contributed by atoms with Crippen LogP contribution in [0.1, 0.15) is 17.3 Å². The predicted octanol–water partition coefficient (Wildman–Crippen LogP) is 2.93. The zero-order chi connectivity index (χ0) is 19.1. The van der Waals surface area contributed by atoms with Gasteiger partial charge in [-0.2, -0.15) is 0 Å². The van der Waals surface area contributed by atoms with Crippen LogP contribution in [-0.4, -0.2) is 33.0 Å². The number of amides is 2. The number of carbonyl (C=O) groups excluding carboxylic acids is 2. The number of benzene rings is 2. The Morgan fingerprint density at radius 3 is 2.38 bits per heavy atom. The molecule has 1 aliphatic rings. The molecule has 0 spiro atoms. The van der Waals surface area contributed by atoms with E-state index in [4.69, 9.17) is 11.6 Å². The maximum atomic E-state index is 12.7. The van der Waals surface area contributed by atoms with Crippen molar-refractivity contribution in [2.75, 3.05) is 22.0 Å². The lowest BCUT2D eigenvalue weighted by atomic mass is 10.1. The fourth-order valence-electron chi connectivity index (χ4n) is 2.84. The quantitative estimate of drug-likeness (QED) is 0.804. The molecule has 2 aromatic carbocycles. The van der Waals surface area contributed by atoms with Crippen LogP contribution >= 0.6 is 11.6 Å². The lowest BCUT2D eigenvalue weighted by Gasteiger charge is -2.20. The fourth-order valence-corrected chi connectivity index (χ4v) is 4.91. The van der Waals surface area contributed by atoms with Crippen molar-refractivity contribution in [3.05, 3.63) is 59.1 Å². The molecule has 1 atom stereocenters. The number of para-hydroxylation sites is 1. The van der Waals surface area contributed by atoms with Crippen LogP contribution in [0.5, 0.6) is 0 Å². The van der Waals surface area contributed by atoms with Crippen molar-refractivity contribution in [1.82, 2.24) is 0 Å². The molecular formula is C18H17ClN2O4S. The summed E-state index contributed by atoms with van der Waals surface area (Å²) in [5.74, 6) is -1.68. The normalized spacial score (nSPS) is 18.8. The summed E-state index contributed by atoms with van der Waals surface area (Å²) in [5.41, 5.74) is 1.06. The zero-order valence-corrected chi connectivity index (χ0v) is 15.8. The first-order chi connectivity index (χ1) is 12.2. The topological polar surface area (TPSA) is 74.8 Å². The molecule has 0 N–H and O–H groups in total. The number of carbonyl (C=O) groups is 2. The van der Waals surface area contributed by atoms with E-state index in [1.54, 1.807) is 26.1 Å². The largest absolute Gasteiger partial charge is 0.311 e. The van der Waals surface area contributed by atoms with E-state index in [0.717, 1.165) is 4.31 Å². The van der Waals surface area contributed by atoms with Crippen LogP contribution in [0.15, 0.2) is 48.5 Å². The number of rotatable bonds is 3. The average Bonchev–Trinajstić information content (AvgIpc) is 2.81. The van der Waals surface area contributed by atoms with Crippen LogP contribution in [0.2, 0.25) is 5.02 Å². The van der Waals surface area contributed by atoms with Crippen molar-refractivity contribution < 1.29 is 18.0 Å². The van der Waals surface area contributed by atoms with Gasteiger partial charge in [-0.15, -0.1) is 0 Å². The SMILES string of the molecule is C[C@H]1CS(=O)(=O)N(c2ccc(C(=O)N(C)c3ccccc3)c(Cl)c2)C1=O. The third kappa shape index (κ3) is 3.20. The Kier molecular flexibility index (Phi) is 4.77. The maximum Gasteiger partial charge on any atom is 0.259 e. The molecular weight excluding hydrogens is 376 g/mol. The Balaban J connectivity index is 1.93. The van der Waals surface area contributed by atoms with Gasteiger partial charge in [0.1, 0.15) is 0 Å². The standard InChI is InChI=1S/C18H17ClN2O4S/c1-12-11-26(24,25)21(17(12)22)14-8-9-15(16(19)10-14)18(23)20(2)13-6-4-3-5-7-13/h3-10,12H,11H2,1-2H3/t12-/m0/s1. The van der Waals surface area contributed by atoms with Crippen molar-refractivity contribution in [1.29, 1.82) is 0 Å². The minimum Gasteiger partial charge on any atom is -0.311 e. The summed E-state index contributed by atoms with van der Waals surface area (Å²) in [4.78, 5) is 26.3. The van der Waals surface area contributed by atoms with Crippen molar-refractivity contribution in [2.45, 2.75) is 6.92 Å². The number of halogens is 1.